The Hall–Kier alpha value is -1.45. The molecule has 218 valence electrons. The first-order chi connectivity index (χ1) is 17.2. The number of carbonyl (C=O) groups is 3. The summed E-state index contributed by atoms with van der Waals surface area (Å²) < 4.78 is 56.9. The highest BCUT2D eigenvalue weighted by molar-refractivity contribution is 7.47. The molecule has 0 aromatic heterocycles. The quantitative estimate of drug-likeness (QED) is 0.0824. The largest absolute Gasteiger partial charge is 0.472 e. The SMILES string of the molecule is CCCCC(=O)O[C@H](COC(C)=O)COP(=O)(O)OC[C@@H](O)COP(=O)(O)OC[C@@H](CO)OC(=O)CC. The minimum Gasteiger partial charge on any atom is -0.462 e. The van der Waals surface area contributed by atoms with Crippen molar-refractivity contribution < 1.29 is 75.8 Å². The number of phosphoric ester groups is 2. The van der Waals surface area contributed by atoms with Gasteiger partial charge < -0.3 is 34.2 Å². The average Bonchev–Trinajstić information content (AvgIpc) is 2.84. The standard InChI is InChI=1S/C19H36O16P2/c1-4-6-7-19(24)35-17(11-29-14(3)21)13-33-37(27,28)31-10-15(22)9-30-36(25,26)32-12-16(8-20)34-18(23)5-2/h15-17,20,22H,4-13H2,1-3H3,(H,25,26)(H,27,28)/t15-,16+,17+/m0/s1. The van der Waals surface area contributed by atoms with Crippen molar-refractivity contribution in [3.63, 3.8) is 0 Å². The highest BCUT2D eigenvalue weighted by atomic mass is 31.2. The van der Waals surface area contributed by atoms with Crippen molar-refractivity contribution in [3.8, 4) is 0 Å². The van der Waals surface area contributed by atoms with Gasteiger partial charge in [-0.25, -0.2) is 9.13 Å². The predicted octanol–water partition coefficient (Wildman–Crippen LogP) is 0.594. The van der Waals surface area contributed by atoms with Gasteiger partial charge >= 0.3 is 33.6 Å². The molecule has 0 aromatic carbocycles. The molecule has 0 saturated carbocycles. The zero-order valence-corrected chi connectivity index (χ0v) is 22.7. The van der Waals surface area contributed by atoms with Crippen LogP contribution in [0.4, 0.5) is 0 Å². The summed E-state index contributed by atoms with van der Waals surface area (Å²) in [5.41, 5.74) is 0. The van der Waals surface area contributed by atoms with Crippen LogP contribution >= 0.6 is 15.6 Å². The fourth-order valence-electron chi connectivity index (χ4n) is 2.12. The van der Waals surface area contributed by atoms with Crippen molar-refractivity contribution in [2.75, 3.05) is 39.6 Å². The van der Waals surface area contributed by atoms with E-state index in [1.165, 1.54) is 6.92 Å². The van der Waals surface area contributed by atoms with E-state index in [4.69, 9.17) is 23.8 Å². The van der Waals surface area contributed by atoms with Crippen molar-refractivity contribution >= 4 is 33.6 Å². The van der Waals surface area contributed by atoms with E-state index in [1.54, 1.807) is 0 Å². The molecular formula is C19H36O16P2. The molecule has 0 spiro atoms. The molecule has 16 nitrogen and oxygen atoms in total. The Bertz CT molecular complexity index is 790. The molecular weight excluding hydrogens is 546 g/mol. The van der Waals surface area contributed by atoms with Gasteiger partial charge in [0.2, 0.25) is 0 Å². The van der Waals surface area contributed by atoms with Gasteiger partial charge in [0.15, 0.2) is 6.10 Å². The zero-order chi connectivity index (χ0) is 28.5. The summed E-state index contributed by atoms with van der Waals surface area (Å²) in [5.74, 6) is -1.99. The molecule has 0 aromatic rings. The van der Waals surface area contributed by atoms with Gasteiger partial charge in [-0.2, -0.15) is 0 Å². The summed E-state index contributed by atoms with van der Waals surface area (Å²) in [6.07, 6.45) is -2.77. The summed E-state index contributed by atoms with van der Waals surface area (Å²) >= 11 is 0. The van der Waals surface area contributed by atoms with Crippen LogP contribution in [-0.4, -0.2) is 95.9 Å². The maximum Gasteiger partial charge on any atom is 0.472 e. The van der Waals surface area contributed by atoms with E-state index in [-0.39, 0.29) is 12.8 Å². The Labute approximate surface area is 214 Å². The van der Waals surface area contributed by atoms with Gasteiger partial charge in [0.1, 0.15) is 18.8 Å². The van der Waals surface area contributed by atoms with Gasteiger partial charge in [-0.05, 0) is 6.42 Å². The maximum atomic E-state index is 12.1. The Morgan fingerprint density at radius 2 is 1.27 bits per heavy atom. The lowest BCUT2D eigenvalue weighted by molar-refractivity contribution is -0.160. The molecule has 0 aliphatic heterocycles. The summed E-state index contributed by atoms with van der Waals surface area (Å²) in [7, 11) is -9.57. The topological polar surface area (TPSA) is 231 Å². The van der Waals surface area contributed by atoms with E-state index in [0.717, 1.165) is 13.3 Å². The monoisotopic (exact) mass is 582 g/mol. The fourth-order valence-corrected chi connectivity index (χ4v) is 3.70. The Balaban J connectivity index is 4.60. The minimum absolute atomic E-state index is 0.00532. The molecule has 0 bridgehead atoms. The average molecular weight is 582 g/mol. The predicted molar refractivity (Wildman–Crippen MR) is 123 cm³/mol. The molecule has 0 saturated heterocycles. The Morgan fingerprint density at radius 3 is 1.73 bits per heavy atom. The van der Waals surface area contributed by atoms with Gasteiger partial charge in [-0.1, -0.05) is 20.3 Å². The van der Waals surface area contributed by atoms with Gasteiger partial charge in [0.25, 0.3) is 0 Å². The molecule has 0 radical (unpaired) electrons. The van der Waals surface area contributed by atoms with Crippen molar-refractivity contribution in [1.29, 1.82) is 0 Å². The minimum atomic E-state index is -4.81. The van der Waals surface area contributed by atoms with Crippen LogP contribution in [-0.2, 0) is 55.8 Å². The second kappa shape index (κ2) is 18.7. The van der Waals surface area contributed by atoms with Crippen LogP contribution in [0.1, 0.15) is 46.5 Å². The first-order valence-corrected chi connectivity index (χ1v) is 14.3. The second-order valence-corrected chi connectivity index (χ2v) is 10.3. The second-order valence-electron chi connectivity index (χ2n) is 7.44. The third-order valence-electron chi connectivity index (χ3n) is 4.00. The third-order valence-corrected chi connectivity index (χ3v) is 5.90. The lowest BCUT2D eigenvalue weighted by Gasteiger charge is -2.21. The van der Waals surface area contributed by atoms with Gasteiger partial charge in [-0.3, -0.25) is 32.5 Å². The van der Waals surface area contributed by atoms with E-state index in [1.807, 2.05) is 6.92 Å². The number of aliphatic hydroxyl groups excluding tert-OH is 2. The van der Waals surface area contributed by atoms with Crippen LogP contribution < -0.4 is 0 Å². The van der Waals surface area contributed by atoms with Gasteiger partial charge in [-0.15, -0.1) is 0 Å². The van der Waals surface area contributed by atoms with Crippen LogP contribution in [0.2, 0.25) is 0 Å². The van der Waals surface area contributed by atoms with E-state index >= 15 is 0 Å². The van der Waals surface area contributed by atoms with Crippen molar-refractivity contribution in [3.05, 3.63) is 0 Å². The Morgan fingerprint density at radius 1 is 0.784 bits per heavy atom. The van der Waals surface area contributed by atoms with E-state index in [0.29, 0.717) is 6.42 Å². The summed E-state index contributed by atoms with van der Waals surface area (Å²) in [6, 6.07) is 0. The number of unbranched alkanes of at least 4 members (excludes halogenated alkanes) is 1. The lowest BCUT2D eigenvalue weighted by atomic mass is 10.2. The van der Waals surface area contributed by atoms with Gasteiger partial charge in [0, 0.05) is 19.8 Å². The highest BCUT2D eigenvalue weighted by Gasteiger charge is 2.29. The van der Waals surface area contributed by atoms with Crippen LogP contribution in [0, 0.1) is 0 Å². The van der Waals surface area contributed by atoms with Crippen molar-refractivity contribution in [1.82, 2.24) is 0 Å². The molecule has 5 atom stereocenters. The van der Waals surface area contributed by atoms with Crippen LogP contribution in [0.15, 0.2) is 0 Å². The number of phosphoric acid groups is 2. The normalized spacial score (nSPS) is 17.1. The third kappa shape index (κ3) is 19.3. The molecule has 0 heterocycles. The molecule has 0 aliphatic carbocycles. The van der Waals surface area contributed by atoms with E-state index in [2.05, 4.69) is 13.6 Å². The molecule has 4 N–H and O–H groups in total. The van der Waals surface area contributed by atoms with Gasteiger partial charge in [0.05, 0.1) is 33.0 Å². The fraction of sp³-hybridized carbons (Fsp3) is 0.842. The summed E-state index contributed by atoms with van der Waals surface area (Å²) in [4.78, 5) is 53.4. The zero-order valence-electron chi connectivity index (χ0n) is 20.9. The molecule has 0 amide bonds. The molecule has 0 rings (SSSR count). The number of rotatable bonds is 21. The number of carbonyl (C=O) groups excluding carboxylic acids is 3. The van der Waals surface area contributed by atoms with E-state index < -0.39 is 91.5 Å². The molecule has 0 fully saturated rings. The van der Waals surface area contributed by atoms with Crippen molar-refractivity contribution in [2.24, 2.45) is 0 Å². The molecule has 18 heteroatoms. The Kier molecular flexibility index (Phi) is 18.0. The summed E-state index contributed by atoms with van der Waals surface area (Å²) in [5, 5.41) is 18.9. The lowest BCUT2D eigenvalue weighted by Crippen LogP contribution is -2.29. The highest BCUT2D eigenvalue weighted by Crippen LogP contribution is 2.45. The number of hydrogen-bond donors (Lipinski definition) is 4. The maximum absolute atomic E-state index is 12.1. The summed E-state index contributed by atoms with van der Waals surface area (Å²) in [6.45, 7) is 0.224. The number of hydrogen-bond acceptors (Lipinski definition) is 14. The molecule has 37 heavy (non-hydrogen) atoms. The number of esters is 3. The smallest absolute Gasteiger partial charge is 0.462 e. The molecule has 0 aliphatic rings. The number of aliphatic hydroxyl groups is 2. The van der Waals surface area contributed by atoms with E-state index in [9.17, 15) is 38.4 Å². The first kappa shape index (κ1) is 35.5. The van der Waals surface area contributed by atoms with Crippen molar-refractivity contribution in [2.45, 2.75) is 64.8 Å². The van der Waals surface area contributed by atoms with Crippen LogP contribution in [0.25, 0.3) is 0 Å². The van der Waals surface area contributed by atoms with Crippen LogP contribution in [0.3, 0.4) is 0 Å². The first-order valence-electron chi connectivity index (χ1n) is 11.3. The van der Waals surface area contributed by atoms with Crippen LogP contribution in [0.5, 0.6) is 0 Å². The number of ether oxygens (including phenoxy) is 3. The molecule has 2 unspecified atom stereocenters.